The molecule has 2 aromatic carbocycles. The van der Waals surface area contributed by atoms with Gasteiger partial charge in [0.05, 0.1) is 31.1 Å². The topological polar surface area (TPSA) is 99.5 Å². The number of anilines is 2. The first-order chi connectivity index (χ1) is 18.4. The molecule has 9 nitrogen and oxygen atoms in total. The molecule has 0 radical (unpaired) electrons. The molecular weight excluding hydrogens is 502 g/mol. The predicted octanol–water partition coefficient (Wildman–Crippen LogP) is 5.90. The van der Waals surface area contributed by atoms with E-state index in [9.17, 15) is 4.79 Å². The van der Waals surface area contributed by atoms with Gasteiger partial charge >= 0.3 is 0 Å². The van der Waals surface area contributed by atoms with Crippen molar-refractivity contribution in [2.75, 3.05) is 30.1 Å². The van der Waals surface area contributed by atoms with Crippen molar-refractivity contribution in [3.8, 4) is 17.2 Å². The molecule has 4 rings (SSSR count). The van der Waals surface area contributed by atoms with Gasteiger partial charge in [-0.25, -0.2) is 4.68 Å². The van der Waals surface area contributed by atoms with Crippen LogP contribution in [0.25, 0.3) is 0 Å². The second-order valence-electron chi connectivity index (χ2n) is 9.04. The molecule has 2 N–H and O–H groups in total. The highest BCUT2D eigenvalue weighted by Crippen LogP contribution is 2.40. The van der Waals surface area contributed by atoms with Gasteiger partial charge in [0.1, 0.15) is 11.8 Å². The molecule has 1 aliphatic rings. The first kappa shape index (κ1) is 27.4. The number of thioether (sulfide) groups is 1. The molecule has 1 atom stereocenters. The fraction of sp³-hybridized carbons (Fsp3) is 0.393. The summed E-state index contributed by atoms with van der Waals surface area (Å²) < 4.78 is 19.1. The number of para-hydroxylation sites is 2. The number of rotatable bonds is 11. The van der Waals surface area contributed by atoms with E-state index in [-0.39, 0.29) is 12.0 Å². The quantitative estimate of drug-likeness (QED) is 0.292. The minimum absolute atomic E-state index is 0.0115. The van der Waals surface area contributed by atoms with Crippen molar-refractivity contribution < 1.29 is 19.0 Å². The molecule has 3 aromatic rings. The average Bonchev–Trinajstić information content (AvgIpc) is 3.30. The van der Waals surface area contributed by atoms with Gasteiger partial charge in [0.15, 0.2) is 11.5 Å². The van der Waals surface area contributed by atoms with Crippen LogP contribution in [0.4, 0.5) is 11.6 Å². The molecular formula is C28H35N5O4S. The summed E-state index contributed by atoms with van der Waals surface area (Å²) in [5.74, 6) is 3.04. The number of aromatic nitrogens is 3. The van der Waals surface area contributed by atoms with Crippen molar-refractivity contribution in [2.24, 2.45) is 0 Å². The van der Waals surface area contributed by atoms with E-state index in [4.69, 9.17) is 24.3 Å². The second-order valence-corrected chi connectivity index (χ2v) is 10.1. The average molecular weight is 538 g/mol. The van der Waals surface area contributed by atoms with E-state index >= 15 is 0 Å². The van der Waals surface area contributed by atoms with Crippen LogP contribution in [0, 0.1) is 0 Å². The van der Waals surface area contributed by atoms with Crippen LogP contribution in [0.1, 0.15) is 52.6 Å². The molecule has 0 saturated heterocycles. The van der Waals surface area contributed by atoms with E-state index in [2.05, 4.69) is 17.6 Å². The van der Waals surface area contributed by atoms with Crippen LogP contribution in [-0.4, -0.2) is 46.2 Å². The Labute approximate surface area is 228 Å². The Hall–Kier alpha value is -3.66. The van der Waals surface area contributed by atoms with Crippen molar-refractivity contribution in [3.63, 3.8) is 0 Å². The van der Waals surface area contributed by atoms with Crippen molar-refractivity contribution in [1.82, 2.24) is 14.8 Å². The highest BCUT2D eigenvalue weighted by Gasteiger charge is 2.35. The predicted molar refractivity (Wildman–Crippen MR) is 150 cm³/mol. The zero-order valence-electron chi connectivity index (χ0n) is 22.7. The summed E-state index contributed by atoms with van der Waals surface area (Å²) in [6.45, 7) is 10.3. The zero-order chi connectivity index (χ0) is 27.2. The summed E-state index contributed by atoms with van der Waals surface area (Å²) >= 11 is 1.59. The van der Waals surface area contributed by atoms with Gasteiger partial charge in [0.25, 0.3) is 5.91 Å². The van der Waals surface area contributed by atoms with Crippen molar-refractivity contribution in [2.45, 2.75) is 58.3 Å². The Kier molecular flexibility index (Phi) is 8.83. The number of hydrogen-bond acceptors (Lipinski definition) is 8. The molecule has 1 aromatic heterocycles. The van der Waals surface area contributed by atoms with E-state index < -0.39 is 6.04 Å². The molecule has 10 heteroatoms. The molecule has 0 spiro atoms. The maximum atomic E-state index is 13.9. The smallest absolute Gasteiger partial charge is 0.255 e. The molecule has 1 amide bonds. The zero-order valence-corrected chi connectivity index (χ0v) is 23.5. The number of fused-ring (bicyclic) bond motifs is 1. The highest BCUT2D eigenvalue weighted by molar-refractivity contribution is 7.99. The Morgan fingerprint density at radius 2 is 1.95 bits per heavy atom. The first-order valence-electron chi connectivity index (χ1n) is 12.8. The fourth-order valence-electron chi connectivity index (χ4n) is 4.23. The number of allylic oxidation sites excluding steroid dienone is 1. The summed E-state index contributed by atoms with van der Waals surface area (Å²) in [4.78, 5) is 18.6. The third-order valence-corrected chi connectivity index (χ3v) is 6.86. The maximum absolute atomic E-state index is 13.9. The monoisotopic (exact) mass is 537 g/mol. The summed E-state index contributed by atoms with van der Waals surface area (Å²) in [5.41, 5.74) is 2.62. The number of carbonyl (C=O) groups is 1. The maximum Gasteiger partial charge on any atom is 0.255 e. The van der Waals surface area contributed by atoms with Gasteiger partial charge in [0, 0.05) is 11.4 Å². The third-order valence-electron chi connectivity index (χ3n) is 5.81. The van der Waals surface area contributed by atoms with Crippen LogP contribution in [0.2, 0.25) is 0 Å². The van der Waals surface area contributed by atoms with Gasteiger partial charge in [-0.05, 0) is 63.9 Å². The second kappa shape index (κ2) is 12.3. The number of benzene rings is 2. The van der Waals surface area contributed by atoms with Crippen LogP contribution < -0.4 is 24.8 Å². The molecule has 1 aliphatic heterocycles. The first-order valence-corrected chi connectivity index (χ1v) is 13.8. The number of methoxy groups -OCH3 is 1. The van der Waals surface area contributed by atoms with Gasteiger partial charge in [-0.3, -0.25) is 4.79 Å². The van der Waals surface area contributed by atoms with Crippen molar-refractivity contribution in [3.05, 3.63) is 59.3 Å². The van der Waals surface area contributed by atoms with E-state index in [0.29, 0.717) is 51.9 Å². The van der Waals surface area contributed by atoms with Gasteiger partial charge in [-0.15, -0.1) is 5.10 Å². The van der Waals surface area contributed by atoms with Crippen LogP contribution in [-0.2, 0) is 4.79 Å². The van der Waals surface area contributed by atoms with Crippen LogP contribution in [0.3, 0.4) is 0 Å². The van der Waals surface area contributed by atoms with E-state index in [1.54, 1.807) is 23.6 Å². The van der Waals surface area contributed by atoms with Gasteiger partial charge in [-0.1, -0.05) is 36.9 Å². The van der Waals surface area contributed by atoms with Gasteiger partial charge < -0.3 is 24.8 Å². The number of ether oxygens (including phenoxy) is 3. The normalized spacial score (nSPS) is 14.7. The Balaban J connectivity index is 1.79. The lowest BCUT2D eigenvalue weighted by Crippen LogP contribution is -2.31. The number of hydrogen-bond donors (Lipinski definition) is 2. The number of nitrogens with zero attached hydrogens (tertiary/aromatic N) is 3. The molecule has 0 aliphatic carbocycles. The molecule has 0 saturated carbocycles. The lowest BCUT2D eigenvalue weighted by molar-refractivity contribution is -0.113. The van der Waals surface area contributed by atoms with E-state index in [1.807, 2.05) is 70.2 Å². The lowest BCUT2D eigenvalue weighted by atomic mass is 9.94. The minimum Gasteiger partial charge on any atom is -0.493 e. The molecule has 2 heterocycles. The van der Waals surface area contributed by atoms with Crippen molar-refractivity contribution >= 4 is 29.3 Å². The standard InChI is InChI=1S/C28H35N5O4S/c1-7-15-38-28-31-27-29-18(5)24(26(34)30-20-11-9-10-12-21(20)36-8-2)25(33(27)32-28)19-13-14-22(37-17(3)4)23(16-19)35-6/h9-14,16-17,25H,7-8,15H2,1-6H3,(H,30,34)(H,29,31,32). The molecule has 202 valence electrons. The Morgan fingerprint density at radius 3 is 2.66 bits per heavy atom. The summed E-state index contributed by atoms with van der Waals surface area (Å²) in [6, 6.07) is 12.6. The van der Waals surface area contributed by atoms with E-state index in [0.717, 1.165) is 17.7 Å². The van der Waals surface area contributed by atoms with Gasteiger partial charge in [0.2, 0.25) is 11.1 Å². The SMILES string of the molecule is CCCSc1nc2n(n1)C(c1ccc(OC(C)C)c(OC)c1)C(C(=O)Nc1ccccc1OCC)=C(C)N2. The number of amides is 1. The number of carbonyl (C=O) groups excluding carboxylic acids is 1. The Bertz CT molecular complexity index is 1320. The number of nitrogens with one attached hydrogen (secondary N) is 2. The Morgan fingerprint density at radius 1 is 1.16 bits per heavy atom. The fourth-order valence-corrected chi connectivity index (χ4v) is 4.92. The molecule has 38 heavy (non-hydrogen) atoms. The minimum atomic E-state index is -0.545. The lowest BCUT2D eigenvalue weighted by Gasteiger charge is -2.29. The van der Waals surface area contributed by atoms with Crippen LogP contribution >= 0.6 is 11.8 Å². The van der Waals surface area contributed by atoms with E-state index in [1.165, 1.54) is 0 Å². The molecule has 1 unspecified atom stereocenters. The van der Waals surface area contributed by atoms with Gasteiger partial charge in [-0.2, -0.15) is 4.98 Å². The summed E-state index contributed by atoms with van der Waals surface area (Å²) in [5, 5.41) is 11.8. The van der Waals surface area contributed by atoms with Crippen LogP contribution in [0.5, 0.6) is 17.2 Å². The summed E-state index contributed by atoms with van der Waals surface area (Å²) in [6.07, 6.45) is 0.993. The molecule has 0 bridgehead atoms. The summed E-state index contributed by atoms with van der Waals surface area (Å²) in [7, 11) is 1.61. The molecule has 0 fully saturated rings. The van der Waals surface area contributed by atoms with Crippen LogP contribution in [0.15, 0.2) is 58.9 Å². The largest absolute Gasteiger partial charge is 0.493 e. The van der Waals surface area contributed by atoms with Crippen molar-refractivity contribution in [1.29, 1.82) is 0 Å². The third kappa shape index (κ3) is 5.91. The highest BCUT2D eigenvalue weighted by atomic mass is 32.2.